The molecule has 0 spiro atoms. The summed E-state index contributed by atoms with van der Waals surface area (Å²) in [5, 5.41) is 2.87. The van der Waals surface area contributed by atoms with Gasteiger partial charge >= 0.3 is 18.1 Å². The molecule has 0 amide bonds. The first kappa shape index (κ1) is 25.4. The summed E-state index contributed by atoms with van der Waals surface area (Å²) in [6.45, 7) is 1.30. The second-order valence-electron chi connectivity index (χ2n) is 7.14. The molecule has 1 aliphatic rings. The van der Waals surface area contributed by atoms with Gasteiger partial charge in [0.15, 0.2) is 5.92 Å². The number of nitrogens with zero attached hydrogens (tertiary/aromatic N) is 2. The molecule has 1 aromatic heterocycles. The molecule has 12 heteroatoms. The van der Waals surface area contributed by atoms with Gasteiger partial charge in [-0.25, -0.2) is 9.97 Å². The Morgan fingerprint density at radius 2 is 1.77 bits per heavy atom. The van der Waals surface area contributed by atoms with Crippen LogP contribution in [0.25, 0.3) is 0 Å². The summed E-state index contributed by atoms with van der Waals surface area (Å²) in [5.74, 6) is -1.22. The first-order chi connectivity index (χ1) is 16.6. The number of hydrogen-bond acceptors (Lipinski definition) is 9. The third-order valence-electron chi connectivity index (χ3n) is 5.20. The molecular formula is C23H20F3N3O6. The van der Waals surface area contributed by atoms with E-state index in [0.717, 1.165) is 26.6 Å². The van der Waals surface area contributed by atoms with Crippen LogP contribution in [-0.2, 0) is 34.7 Å². The van der Waals surface area contributed by atoms with Crippen LogP contribution < -0.4 is 5.32 Å². The van der Waals surface area contributed by atoms with E-state index in [1.165, 1.54) is 31.6 Å². The number of carbonyl (C=O) groups is 2. The summed E-state index contributed by atoms with van der Waals surface area (Å²) < 4.78 is 60.5. The minimum Gasteiger partial charge on any atom is -0.468 e. The van der Waals surface area contributed by atoms with Gasteiger partial charge in [-0.1, -0.05) is 18.1 Å². The van der Waals surface area contributed by atoms with Crippen molar-refractivity contribution in [1.82, 2.24) is 9.97 Å². The van der Waals surface area contributed by atoms with E-state index in [1.54, 1.807) is 0 Å². The number of ether oxygens (including phenoxy) is 4. The fraction of sp³-hybridized carbons (Fsp3) is 0.304. The zero-order valence-corrected chi connectivity index (χ0v) is 18.8. The van der Waals surface area contributed by atoms with E-state index in [1.807, 2.05) is 0 Å². The molecule has 0 aliphatic carbocycles. The van der Waals surface area contributed by atoms with Crippen molar-refractivity contribution in [2.24, 2.45) is 0 Å². The minimum atomic E-state index is -4.59. The van der Waals surface area contributed by atoms with Crippen LogP contribution in [0.15, 0.2) is 37.1 Å². The highest BCUT2D eigenvalue weighted by molar-refractivity contribution is 6.00. The third kappa shape index (κ3) is 5.13. The van der Waals surface area contributed by atoms with Crippen molar-refractivity contribution < 1.29 is 41.7 Å². The summed E-state index contributed by atoms with van der Waals surface area (Å²) in [7, 11) is 2.15. The molecule has 0 radical (unpaired) electrons. The Bertz CT molecular complexity index is 1170. The van der Waals surface area contributed by atoms with Gasteiger partial charge in [0.2, 0.25) is 0 Å². The van der Waals surface area contributed by atoms with Crippen molar-refractivity contribution in [3.63, 3.8) is 0 Å². The molecule has 0 fully saturated rings. The Morgan fingerprint density at radius 1 is 1.14 bits per heavy atom. The smallest absolute Gasteiger partial charge is 0.416 e. The first-order valence-corrected chi connectivity index (χ1v) is 9.99. The van der Waals surface area contributed by atoms with Crippen LogP contribution in [0, 0.1) is 19.3 Å². The standard InChI is InChI=1S/C23H20F3N3O6/c1-5-15(13-7-6-8-14(12(13)2)23(24,25)26)29-19-16(22-34-9-10-35-22)18(27-11-28-19)17(20(30)32-3)21(31)33-4/h1,6-11,15,17,22H,2-4H3,(H,27,28,29)/t15-/m1/s1. The average Bonchev–Trinajstić information content (AvgIpc) is 3.36. The van der Waals surface area contributed by atoms with Gasteiger partial charge in [0, 0.05) is 0 Å². The molecule has 1 atom stereocenters. The van der Waals surface area contributed by atoms with Gasteiger partial charge in [-0.15, -0.1) is 6.42 Å². The minimum absolute atomic E-state index is 0.00294. The number of hydrogen-bond donors (Lipinski definition) is 1. The van der Waals surface area contributed by atoms with E-state index >= 15 is 0 Å². The van der Waals surface area contributed by atoms with Gasteiger partial charge in [0.1, 0.15) is 30.7 Å². The summed E-state index contributed by atoms with van der Waals surface area (Å²) in [6.07, 6.45) is 3.34. The predicted molar refractivity (Wildman–Crippen MR) is 114 cm³/mol. The van der Waals surface area contributed by atoms with Crippen LogP contribution in [0.5, 0.6) is 0 Å². The highest BCUT2D eigenvalue weighted by atomic mass is 19.4. The van der Waals surface area contributed by atoms with Crippen molar-refractivity contribution in [3.8, 4) is 12.3 Å². The van der Waals surface area contributed by atoms with E-state index in [0.29, 0.717) is 0 Å². The van der Waals surface area contributed by atoms with Crippen molar-refractivity contribution in [2.45, 2.75) is 31.3 Å². The monoisotopic (exact) mass is 491 g/mol. The lowest BCUT2D eigenvalue weighted by atomic mass is 9.96. The highest BCUT2D eigenvalue weighted by Crippen LogP contribution is 2.38. The molecular weight excluding hydrogens is 471 g/mol. The van der Waals surface area contributed by atoms with Gasteiger partial charge in [-0.3, -0.25) is 9.59 Å². The lowest BCUT2D eigenvalue weighted by Gasteiger charge is -2.24. The topological polar surface area (TPSA) is 109 Å². The number of alkyl halides is 3. The van der Waals surface area contributed by atoms with Crippen molar-refractivity contribution in [1.29, 1.82) is 0 Å². The number of esters is 2. The molecule has 9 nitrogen and oxygen atoms in total. The van der Waals surface area contributed by atoms with Gasteiger partial charge in [0.05, 0.1) is 31.0 Å². The number of terminal acetylenes is 1. The van der Waals surface area contributed by atoms with Crippen molar-refractivity contribution in [3.05, 3.63) is 65.0 Å². The van der Waals surface area contributed by atoms with Crippen LogP contribution in [0.1, 0.15) is 46.2 Å². The zero-order valence-electron chi connectivity index (χ0n) is 18.8. The van der Waals surface area contributed by atoms with Gasteiger partial charge < -0.3 is 24.3 Å². The average molecular weight is 491 g/mol. The molecule has 35 heavy (non-hydrogen) atoms. The second-order valence-corrected chi connectivity index (χ2v) is 7.14. The number of aromatic nitrogens is 2. The van der Waals surface area contributed by atoms with Crippen LogP contribution in [0.4, 0.5) is 19.0 Å². The summed E-state index contributed by atoms with van der Waals surface area (Å²) >= 11 is 0. The normalized spacial score (nSPS) is 14.0. The van der Waals surface area contributed by atoms with E-state index in [4.69, 9.17) is 25.4 Å². The Balaban J connectivity index is 2.13. The van der Waals surface area contributed by atoms with Crippen LogP contribution in [-0.4, -0.2) is 36.1 Å². The van der Waals surface area contributed by atoms with Gasteiger partial charge in [-0.2, -0.15) is 13.2 Å². The van der Waals surface area contributed by atoms with E-state index in [9.17, 15) is 22.8 Å². The zero-order chi connectivity index (χ0) is 25.8. The Morgan fingerprint density at radius 3 is 2.31 bits per heavy atom. The SMILES string of the molecule is C#C[C@@H](Nc1ncnc(C(C(=O)OC)C(=O)OC)c1C1OC=CO1)c1cccc(C(F)(F)F)c1C. The molecule has 1 aromatic carbocycles. The fourth-order valence-electron chi connectivity index (χ4n) is 3.54. The molecule has 3 rings (SSSR count). The van der Waals surface area contributed by atoms with Gasteiger partial charge in [0.25, 0.3) is 6.29 Å². The Hall–Kier alpha value is -4.27. The number of carbonyl (C=O) groups excluding carboxylic acids is 2. The molecule has 0 unspecified atom stereocenters. The number of benzene rings is 1. The molecule has 184 valence electrons. The maximum Gasteiger partial charge on any atom is 0.416 e. The van der Waals surface area contributed by atoms with Crippen molar-refractivity contribution >= 4 is 17.8 Å². The maximum absolute atomic E-state index is 13.4. The molecule has 0 bridgehead atoms. The van der Waals surface area contributed by atoms with E-state index in [2.05, 4.69) is 21.2 Å². The van der Waals surface area contributed by atoms with E-state index < -0.39 is 41.9 Å². The number of methoxy groups -OCH3 is 2. The second kappa shape index (κ2) is 10.3. The molecule has 2 heterocycles. The lowest BCUT2D eigenvalue weighted by Crippen LogP contribution is -2.28. The third-order valence-corrected chi connectivity index (χ3v) is 5.20. The molecule has 2 aromatic rings. The van der Waals surface area contributed by atoms with Crippen LogP contribution >= 0.6 is 0 Å². The molecule has 0 saturated carbocycles. The summed E-state index contributed by atoms with van der Waals surface area (Å²) in [6, 6.07) is 2.54. The van der Waals surface area contributed by atoms with E-state index in [-0.39, 0.29) is 28.2 Å². The molecule has 1 aliphatic heterocycles. The summed E-state index contributed by atoms with van der Waals surface area (Å²) in [5.41, 5.74) is -0.918. The highest BCUT2D eigenvalue weighted by Gasteiger charge is 2.39. The summed E-state index contributed by atoms with van der Waals surface area (Å²) in [4.78, 5) is 33.0. The number of halogens is 3. The number of nitrogens with one attached hydrogen (secondary N) is 1. The van der Waals surface area contributed by atoms with Crippen molar-refractivity contribution in [2.75, 3.05) is 19.5 Å². The van der Waals surface area contributed by atoms with Gasteiger partial charge in [-0.05, 0) is 24.1 Å². The van der Waals surface area contributed by atoms with Crippen LogP contribution in [0.3, 0.4) is 0 Å². The van der Waals surface area contributed by atoms with Crippen LogP contribution in [0.2, 0.25) is 0 Å². The number of anilines is 1. The Labute approximate surface area is 198 Å². The molecule has 0 saturated heterocycles. The number of rotatable bonds is 7. The fourth-order valence-corrected chi connectivity index (χ4v) is 3.54. The first-order valence-electron chi connectivity index (χ1n) is 9.99. The Kier molecular flexibility index (Phi) is 7.49. The maximum atomic E-state index is 13.4. The lowest BCUT2D eigenvalue weighted by molar-refractivity contribution is -0.154. The molecule has 1 N–H and O–H groups in total. The quantitative estimate of drug-likeness (QED) is 0.353. The largest absolute Gasteiger partial charge is 0.468 e. The predicted octanol–water partition coefficient (Wildman–Crippen LogP) is 3.54.